The molecule has 0 bridgehead atoms. The molecule has 0 aromatic heterocycles. The molecule has 1 N–H and O–H groups in total. The van der Waals surface area contributed by atoms with Crippen molar-refractivity contribution in [3.63, 3.8) is 0 Å². The van der Waals surface area contributed by atoms with Gasteiger partial charge < -0.3 is 0 Å². The summed E-state index contributed by atoms with van der Waals surface area (Å²) >= 11 is 17.3. The molecule has 102 valence electrons. The Morgan fingerprint density at radius 3 is 2.17 bits per heavy atom. The zero-order chi connectivity index (χ0) is 13.9. The molecule has 1 rings (SSSR count). The van der Waals surface area contributed by atoms with Gasteiger partial charge in [-0.15, -0.1) is 0 Å². The van der Waals surface area contributed by atoms with Crippen molar-refractivity contribution in [1.29, 1.82) is 0 Å². The molecular weight excluding hydrogens is 321 g/mol. The highest BCUT2D eigenvalue weighted by molar-refractivity contribution is 7.89. The highest BCUT2D eigenvalue weighted by Crippen LogP contribution is 2.32. The third-order valence-corrected chi connectivity index (χ3v) is 4.17. The monoisotopic (exact) mass is 331 g/mol. The fourth-order valence-electron chi connectivity index (χ4n) is 1.11. The molecule has 0 amide bonds. The summed E-state index contributed by atoms with van der Waals surface area (Å²) < 4.78 is 23.8. The number of sulfonamides is 1. The molecule has 4 nitrogen and oxygen atoms in total. The van der Waals surface area contributed by atoms with E-state index >= 15 is 0 Å². The molecule has 0 aliphatic heterocycles. The van der Waals surface area contributed by atoms with Gasteiger partial charge in [-0.2, -0.15) is 0 Å². The summed E-state index contributed by atoms with van der Waals surface area (Å²) in [6, 6.07) is 2.60. The van der Waals surface area contributed by atoms with E-state index in [4.69, 9.17) is 39.6 Å². The standard InChI is InChI=1S/C10H12Cl3NO3S/c1-6(2)5-17-14-18(15,16)10-8(12)3-7(11)4-9(10)13/h3-4,6,14H,5H2,1-2H3. The minimum Gasteiger partial charge on any atom is -0.287 e. The van der Waals surface area contributed by atoms with Crippen LogP contribution in [0.2, 0.25) is 15.1 Å². The van der Waals surface area contributed by atoms with Crippen LogP contribution in [0.5, 0.6) is 0 Å². The molecule has 1 aromatic carbocycles. The predicted molar refractivity (Wildman–Crippen MR) is 72.6 cm³/mol. The highest BCUT2D eigenvalue weighted by Gasteiger charge is 2.22. The second kappa shape index (κ2) is 6.41. The van der Waals surface area contributed by atoms with Gasteiger partial charge in [-0.1, -0.05) is 53.5 Å². The van der Waals surface area contributed by atoms with Crippen molar-refractivity contribution in [3.05, 3.63) is 27.2 Å². The maximum atomic E-state index is 11.9. The first-order valence-electron chi connectivity index (χ1n) is 5.02. The molecule has 0 fully saturated rings. The maximum absolute atomic E-state index is 11.9. The Labute approximate surface area is 121 Å². The summed E-state index contributed by atoms with van der Waals surface area (Å²) in [4.78, 5) is 6.58. The minimum absolute atomic E-state index is 0.0619. The minimum atomic E-state index is -3.93. The second-order valence-corrected chi connectivity index (χ2v) is 6.82. The Morgan fingerprint density at radius 1 is 1.22 bits per heavy atom. The second-order valence-electron chi connectivity index (χ2n) is 3.99. The van der Waals surface area contributed by atoms with Crippen LogP contribution in [-0.2, 0) is 14.9 Å². The third kappa shape index (κ3) is 4.26. The molecular formula is C10H12Cl3NO3S. The van der Waals surface area contributed by atoms with Crippen molar-refractivity contribution in [2.24, 2.45) is 5.92 Å². The van der Waals surface area contributed by atoms with Crippen LogP contribution >= 0.6 is 34.8 Å². The van der Waals surface area contributed by atoms with Crippen molar-refractivity contribution in [2.45, 2.75) is 18.7 Å². The molecule has 8 heteroatoms. The summed E-state index contributed by atoms with van der Waals surface area (Å²) in [6.07, 6.45) is 0. The molecule has 0 aliphatic rings. The Hall–Kier alpha value is -0.0400. The fourth-order valence-corrected chi connectivity index (χ4v) is 3.47. The molecule has 0 saturated heterocycles. The Balaban J connectivity index is 2.99. The summed E-state index contributed by atoms with van der Waals surface area (Å²) in [7, 11) is -3.93. The largest absolute Gasteiger partial charge is 0.287 e. The molecule has 0 unspecified atom stereocenters. The van der Waals surface area contributed by atoms with Gasteiger partial charge in [0.2, 0.25) is 0 Å². The van der Waals surface area contributed by atoms with Crippen LogP contribution in [0.4, 0.5) is 0 Å². The number of benzene rings is 1. The quantitative estimate of drug-likeness (QED) is 0.839. The van der Waals surface area contributed by atoms with Crippen LogP contribution in [0, 0.1) is 5.92 Å². The number of hydrogen-bond donors (Lipinski definition) is 1. The number of hydrogen-bond acceptors (Lipinski definition) is 3. The van der Waals surface area contributed by atoms with Crippen LogP contribution in [0.3, 0.4) is 0 Å². The van der Waals surface area contributed by atoms with Crippen molar-refractivity contribution >= 4 is 44.8 Å². The van der Waals surface area contributed by atoms with Crippen LogP contribution in [0.15, 0.2) is 17.0 Å². The summed E-state index contributed by atoms with van der Waals surface area (Å²) in [6.45, 7) is 4.01. The van der Waals surface area contributed by atoms with E-state index in [2.05, 4.69) is 0 Å². The maximum Gasteiger partial charge on any atom is 0.265 e. The van der Waals surface area contributed by atoms with Gasteiger partial charge in [0, 0.05) is 5.02 Å². The van der Waals surface area contributed by atoms with Gasteiger partial charge in [0.25, 0.3) is 10.0 Å². The van der Waals surface area contributed by atoms with Gasteiger partial charge in [-0.05, 0) is 18.1 Å². The summed E-state index contributed by atoms with van der Waals surface area (Å²) in [5.41, 5.74) is 0. The average Bonchev–Trinajstić information content (AvgIpc) is 2.13. The van der Waals surface area contributed by atoms with E-state index in [9.17, 15) is 8.42 Å². The molecule has 18 heavy (non-hydrogen) atoms. The first-order valence-corrected chi connectivity index (χ1v) is 7.64. The van der Waals surface area contributed by atoms with Crippen molar-refractivity contribution in [2.75, 3.05) is 6.61 Å². The van der Waals surface area contributed by atoms with Gasteiger partial charge in [-0.25, -0.2) is 8.42 Å². The average molecular weight is 333 g/mol. The van der Waals surface area contributed by atoms with E-state index in [0.29, 0.717) is 0 Å². The molecule has 0 heterocycles. The van der Waals surface area contributed by atoms with Crippen molar-refractivity contribution in [3.8, 4) is 0 Å². The van der Waals surface area contributed by atoms with E-state index in [1.165, 1.54) is 12.1 Å². The molecule has 0 spiro atoms. The van der Waals surface area contributed by atoms with E-state index in [-0.39, 0.29) is 32.5 Å². The van der Waals surface area contributed by atoms with Crippen LogP contribution in [-0.4, -0.2) is 15.0 Å². The highest BCUT2D eigenvalue weighted by atomic mass is 35.5. The molecule has 0 atom stereocenters. The lowest BCUT2D eigenvalue weighted by molar-refractivity contribution is 0.0719. The normalized spacial score (nSPS) is 12.1. The Bertz CT molecular complexity index is 508. The van der Waals surface area contributed by atoms with Crippen LogP contribution in [0.1, 0.15) is 13.8 Å². The Morgan fingerprint density at radius 2 is 1.72 bits per heavy atom. The third-order valence-electron chi connectivity index (χ3n) is 1.82. The smallest absolute Gasteiger partial charge is 0.265 e. The molecule has 0 radical (unpaired) electrons. The molecule has 1 aromatic rings. The molecule has 0 saturated carbocycles. The molecule has 0 aliphatic carbocycles. The summed E-state index contributed by atoms with van der Waals surface area (Å²) in [5, 5.41) is 0.133. The zero-order valence-corrected chi connectivity index (χ0v) is 12.8. The summed E-state index contributed by atoms with van der Waals surface area (Å²) in [5.74, 6) is 0.184. The number of rotatable bonds is 5. The topological polar surface area (TPSA) is 55.4 Å². The lowest BCUT2D eigenvalue weighted by Gasteiger charge is -2.11. The van der Waals surface area contributed by atoms with Gasteiger partial charge in [0.05, 0.1) is 16.7 Å². The lowest BCUT2D eigenvalue weighted by Crippen LogP contribution is -2.26. The van der Waals surface area contributed by atoms with Crippen molar-refractivity contribution < 1.29 is 13.3 Å². The van der Waals surface area contributed by atoms with E-state index < -0.39 is 10.0 Å². The Kier molecular flexibility index (Phi) is 5.70. The van der Waals surface area contributed by atoms with E-state index in [1.807, 2.05) is 18.7 Å². The van der Waals surface area contributed by atoms with Crippen molar-refractivity contribution in [1.82, 2.24) is 4.89 Å². The van der Waals surface area contributed by atoms with Gasteiger partial charge in [0.1, 0.15) is 4.90 Å². The first-order chi connectivity index (χ1) is 8.24. The van der Waals surface area contributed by atoms with Gasteiger partial charge >= 0.3 is 0 Å². The number of halogens is 3. The van der Waals surface area contributed by atoms with Crippen LogP contribution < -0.4 is 4.89 Å². The first kappa shape index (κ1) is 16.0. The van der Waals surface area contributed by atoms with Crippen LogP contribution in [0.25, 0.3) is 0 Å². The zero-order valence-electron chi connectivity index (χ0n) is 9.71. The van der Waals surface area contributed by atoms with Gasteiger partial charge in [0.15, 0.2) is 0 Å². The SMILES string of the molecule is CC(C)CONS(=O)(=O)c1c(Cl)cc(Cl)cc1Cl. The predicted octanol–water partition coefficient (Wildman–Crippen LogP) is 3.51. The van der Waals surface area contributed by atoms with Gasteiger partial charge in [-0.3, -0.25) is 4.84 Å². The number of nitrogens with one attached hydrogen (secondary N) is 1. The van der Waals surface area contributed by atoms with E-state index in [0.717, 1.165) is 0 Å². The lowest BCUT2D eigenvalue weighted by atomic mass is 10.2. The fraction of sp³-hybridized carbons (Fsp3) is 0.400. The van der Waals surface area contributed by atoms with E-state index in [1.54, 1.807) is 0 Å².